The topological polar surface area (TPSA) is 13.1 Å². The number of furan rings is 1. The van der Waals surface area contributed by atoms with E-state index in [2.05, 4.69) is 170 Å². The van der Waals surface area contributed by atoms with E-state index in [0.717, 1.165) is 27.5 Å². The van der Waals surface area contributed by atoms with Crippen molar-refractivity contribution in [3.8, 4) is 22.3 Å². The van der Waals surface area contributed by atoms with Crippen LogP contribution in [0.25, 0.3) is 109 Å². The summed E-state index contributed by atoms with van der Waals surface area (Å²) < 4.78 is 6.55. The minimum Gasteiger partial charge on any atom is -0.456 e. The second-order valence-corrected chi connectivity index (χ2v) is 13.2. The zero-order valence-corrected chi connectivity index (χ0v) is 26.6. The van der Waals surface area contributed by atoms with Crippen LogP contribution >= 0.6 is 0 Å². The standard InChI is InChI=1S/C48H28O/c1-2-12-30-27-46-44(25-29(30)11-1)38-24-22-32(28-45(38)49-46)48-41-19-9-7-17-39(41)47(40-18-8-10-20-42(40)48)31-21-23-37-35-15-4-3-13-33(35)34-14-5-6-16-36(34)43(37)26-31/h1-28H. The molecule has 0 aliphatic heterocycles. The molecule has 49 heavy (non-hydrogen) atoms. The summed E-state index contributed by atoms with van der Waals surface area (Å²) in [5, 5.41) is 17.4. The third kappa shape index (κ3) is 3.82. The van der Waals surface area contributed by atoms with Gasteiger partial charge in [-0.1, -0.05) is 140 Å². The molecule has 0 N–H and O–H groups in total. The molecule has 0 saturated heterocycles. The molecule has 0 unspecified atom stereocenters. The minimum absolute atomic E-state index is 0.911. The summed E-state index contributed by atoms with van der Waals surface area (Å²) in [5.74, 6) is 0. The van der Waals surface area contributed by atoms with Gasteiger partial charge >= 0.3 is 0 Å². The maximum atomic E-state index is 6.55. The number of hydrogen-bond donors (Lipinski definition) is 0. The Labute approximate surface area is 282 Å². The van der Waals surface area contributed by atoms with Gasteiger partial charge in [0.2, 0.25) is 0 Å². The molecule has 0 saturated carbocycles. The van der Waals surface area contributed by atoms with E-state index in [9.17, 15) is 0 Å². The number of benzene rings is 10. The van der Waals surface area contributed by atoms with Crippen LogP contribution in [0.3, 0.4) is 0 Å². The van der Waals surface area contributed by atoms with Crippen LogP contribution in [0, 0.1) is 0 Å². The molecule has 1 heteroatoms. The zero-order valence-electron chi connectivity index (χ0n) is 26.6. The van der Waals surface area contributed by atoms with Gasteiger partial charge in [-0.05, 0) is 117 Å². The van der Waals surface area contributed by atoms with Gasteiger partial charge < -0.3 is 4.42 Å². The lowest BCUT2D eigenvalue weighted by Gasteiger charge is -2.18. The highest BCUT2D eigenvalue weighted by molar-refractivity contribution is 6.27. The third-order valence-corrected chi connectivity index (χ3v) is 10.6. The van der Waals surface area contributed by atoms with Gasteiger partial charge in [-0.2, -0.15) is 0 Å². The summed E-state index contributed by atoms with van der Waals surface area (Å²) in [4.78, 5) is 0. The molecule has 0 amide bonds. The molecule has 0 fully saturated rings. The maximum Gasteiger partial charge on any atom is 0.136 e. The normalized spacial score (nSPS) is 12.1. The van der Waals surface area contributed by atoms with E-state index < -0.39 is 0 Å². The molecule has 1 aromatic heterocycles. The van der Waals surface area contributed by atoms with Crippen molar-refractivity contribution in [3.05, 3.63) is 170 Å². The van der Waals surface area contributed by atoms with Gasteiger partial charge in [-0.15, -0.1) is 0 Å². The first-order chi connectivity index (χ1) is 24.3. The van der Waals surface area contributed by atoms with Crippen molar-refractivity contribution in [2.45, 2.75) is 0 Å². The Morgan fingerprint density at radius 1 is 0.245 bits per heavy atom. The average Bonchev–Trinajstić information content (AvgIpc) is 3.52. The van der Waals surface area contributed by atoms with Crippen LogP contribution in [0.4, 0.5) is 0 Å². The zero-order chi connectivity index (χ0) is 32.1. The van der Waals surface area contributed by atoms with Gasteiger partial charge in [0.05, 0.1) is 0 Å². The molecule has 11 rings (SSSR count). The summed E-state index contributed by atoms with van der Waals surface area (Å²) in [7, 11) is 0. The first-order valence-corrected chi connectivity index (χ1v) is 16.9. The van der Waals surface area contributed by atoms with Crippen molar-refractivity contribution in [1.29, 1.82) is 0 Å². The van der Waals surface area contributed by atoms with Gasteiger partial charge in [-0.3, -0.25) is 0 Å². The molecular weight excluding hydrogens is 593 g/mol. The highest BCUT2D eigenvalue weighted by atomic mass is 16.3. The largest absolute Gasteiger partial charge is 0.456 e. The van der Waals surface area contributed by atoms with Crippen LogP contribution in [-0.4, -0.2) is 0 Å². The second kappa shape index (κ2) is 10.0. The Morgan fingerprint density at radius 3 is 1.18 bits per heavy atom. The van der Waals surface area contributed by atoms with E-state index in [1.165, 1.54) is 81.3 Å². The van der Waals surface area contributed by atoms with Gasteiger partial charge in [0.25, 0.3) is 0 Å². The molecule has 11 aromatic rings. The summed E-state index contributed by atoms with van der Waals surface area (Å²) in [6.07, 6.45) is 0. The Kier molecular flexibility index (Phi) is 5.45. The minimum atomic E-state index is 0.911. The molecule has 226 valence electrons. The predicted molar refractivity (Wildman–Crippen MR) is 210 cm³/mol. The summed E-state index contributed by atoms with van der Waals surface area (Å²) >= 11 is 0. The molecule has 0 aliphatic carbocycles. The lowest BCUT2D eigenvalue weighted by Crippen LogP contribution is -1.91. The first kappa shape index (κ1) is 26.6. The third-order valence-electron chi connectivity index (χ3n) is 10.6. The van der Waals surface area contributed by atoms with Crippen LogP contribution in [-0.2, 0) is 0 Å². The Balaban J connectivity index is 1.19. The van der Waals surface area contributed by atoms with Crippen LogP contribution in [0.15, 0.2) is 174 Å². The van der Waals surface area contributed by atoms with Crippen molar-refractivity contribution >= 4 is 86.6 Å². The smallest absolute Gasteiger partial charge is 0.136 e. The second-order valence-electron chi connectivity index (χ2n) is 13.2. The van der Waals surface area contributed by atoms with Gasteiger partial charge in [-0.25, -0.2) is 0 Å². The van der Waals surface area contributed by atoms with Gasteiger partial charge in [0, 0.05) is 10.8 Å². The molecule has 10 aromatic carbocycles. The Hall–Kier alpha value is -6.44. The van der Waals surface area contributed by atoms with Crippen molar-refractivity contribution in [1.82, 2.24) is 0 Å². The maximum absolute atomic E-state index is 6.55. The summed E-state index contributed by atoms with van der Waals surface area (Å²) in [5.41, 5.74) is 6.73. The molecule has 1 heterocycles. The fourth-order valence-corrected chi connectivity index (χ4v) is 8.43. The summed E-state index contributed by atoms with van der Waals surface area (Å²) in [6, 6.07) is 62.1. The van der Waals surface area contributed by atoms with Crippen LogP contribution < -0.4 is 0 Å². The summed E-state index contributed by atoms with van der Waals surface area (Å²) in [6.45, 7) is 0. The van der Waals surface area contributed by atoms with Crippen LogP contribution in [0.1, 0.15) is 0 Å². The quantitative estimate of drug-likeness (QED) is 0.138. The molecule has 0 aliphatic rings. The van der Waals surface area contributed by atoms with E-state index in [1.807, 2.05) is 0 Å². The predicted octanol–water partition coefficient (Wildman–Crippen LogP) is 13.8. The fourth-order valence-electron chi connectivity index (χ4n) is 8.43. The monoisotopic (exact) mass is 620 g/mol. The Morgan fingerprint density at radius 2 is 0.633 bits per heavy atom. The number of hydrogen-bond acceptors (Lipinski definition) is 1. The first-order valence-electron chi connectivity index (χ1n) is 16.9. The van der Waals surface area contributed by atoms with E-state index in [-0.39, 0.29) is 0 Å². The average molecular weight is 621 g/mol. The number of rotatable bonds is 2. The van der Waals surface area contributed by atoms with Crippen molar-refractivity contribution in [2.24, 2.45) is 0 Å². The van der Waals surface area contributed by atoms with Gasteiger partial charge in [0.1, 0.15) is 11.2 Å². The lowest BCUT2D eigenvalue weighted by molar-refractivity contribution is 0.669. The molecule has 0 radical (unpaired) electrons. The van der Waals surface area contributed by atoms with Crippen molar-refractivity contribution in [3.63, 3.8) is 0 Å². The van der Waals surface area contributed by atoms with E-state index in [4.69, 9.17) is 4.42 Å². The van der Waals surface area contributed by atoms with Gasteiger partial charge in [0.15, 0.2) is 0 Å². The molecule has 0 atom stereocenters. The lowest BCUT2D eigenvalue weighted by atomic mass is 9.85. The molecule has 0 spiro atoms. The number of fused-ring (bicyclic) bond motifs is 12. The van der Waals surface area contributed by atoms with E-state index in [1.54, 1.807) is 0 Å². The molecule has 1 nitrogen and oxygen atoms in total. The van der Waals surface area contributed by atoms with Crippen LogP contribution in [0.5, 0.6) is 0 Å². The SMILES string of the molecule is c1ccc2cc3c(cc2c1)oc1cc(-c2c4ccccc4c(-c4ccc5c6ccccc6c6ccccc6c5c4)c4ccccc24)ccc13. The Bertz CT molecular complexity index is 3070. The van der Waals surface area contributed by atoms with Crippen LogP contribution in [0.2, 0.25) is 0 Å². The highest BCUT2D eigenvalue weighted by Gasteiger charge is 2.19. The fraction of sp³-hybridized carbons (Fsp3) is 0. The van der Waals surface area contributed by atoms with Crippen molar-refractivity contribution < 1.29 is 4.42 Å². The molecule has 0 bridgehead atoms. The highest BCUT2D eigenvalue weighted by Crippen LogP contribution is 2.46. The van der Waals surface area contributed by atoms with E-state index in [0.29, 0.717) is 0 Å². The molecular formula is C48H28O. The van der Waals surface area contributed by atoms with Crippen molar-refractivity contribution in [2.75, 3.05) is 0 Å². The van der Waals surface area contributed by atoms with E-state index >= 15 is 0 Å².